The fourth-order valence-electron chi connectivity index (χ4n) is 4.41. The molecule has 0 aliphatic carbocycles. The summed E-state index contributed by atoms with van der Waals surface area (Å²) in [5.41, 5.74) is 8.04. The van der Waals surface area contributed by atoms with Crippen molar-refractivity contribution in [3.63, 3.8) is 0 Å². The molecule has 0 N–H and O–H groups in total. The van der Waals surface area contributed by atoms with Crippen LogP contribution >= 0.6 is 0 Å². The van der Waals surface area contributed by atoms with Crippen molar-refractivity contribution in [2.45, 2.75) is 45.7 Å². The highest BCUT2D eigenvalue weighted by molar-refractivity contribution is 5.89. The maximum Gasteiger partial charge on any atom is 0.158 e. The highest BCUT2D eigenvalue weighted by Gasteiger charge is 2.44. The van der Waals surface area contributed by atoms with E-state index in [1.165, 1.54) is 33.8 Å². The molecule has 1 aromatic heterocycles. The molecular weight excluding hydrogens is 330 g/mol. The average Bonchev–Trinajstić information content (AvgIpc) is 3.15. The number of anilines is 4. The molecule has 0 spiro atoms. The van der Waals surface area contributed by atoms with E-state index < -0.39 is 0 Å². The van der Waals surface area contributed by atoms with Gasteiger partial charge in [0.25, 0.3) is 0 Å². The van der Waals surface area contributed by atoms with E-state index in [1.807, 2.05) is 12.3 Å². The minimum atomic E-state index is 0.164. The van der Waals surface area contributed by atoms with Gasteiger partial charge in [-0.3, -0.25) is 0 Å². The number of hydrogen-bond donors (Lipinski definition) is 0. The molecule has 0 saturated carbocycles. The third-order valence-electron chi connectivity index (χ3n) is 5.83. The van der Waals surface area contributed by atoms with Gasteiger partial charge in [-0.15, -0.1) is 0 Å². The molecule has 0 fully saturated rings. The predicted molar refractivity (Wildman–Crippen MR) is 112 cm³/mol. The number of pyridine rings is 1. The van der Waals surface area contributed by atoms with E-state index in [0.29, 0.717) is 0 Å². The lowest BCUT2D eigenvalue weighted by Gasteiger charge is -2.28. The lowest BCUT2D eigenvalue weighted by molar-refractivity contribution is 0.589. The second kappa shape index (κ2) is 5.59. The van der Waals surface area contributed by atoms with Crippen LogP contribution in [0.3, 0.4) is 0 Å². The van der Waals surface area contributed by atoms with Crippen LogP contribution in [0.4, 0.5) is 22.9 Å². The number of hydrogen-bond acceptors (Lipinski definition) is 3. The molecule has 0 amide bonds. The van der Waals surface area contributed by atoms with Gasteiger partial charge in [-0.25, -0.2) is 4.98 Å². The van der Waals surface area contributed by atoms with Gasteiger partial charge in [-0.1, -0.05) is 51.1 Å². The van der Waals surface area contributed by atoms with Crippen LogP contribution in [0.1, 0.15) is 37.5 Å². The van der Waals surface area contributed by atoms with E-state index >= 15 is 0 Å². The Labute approximate surface area is 161 Å². The molecule has 5 rings (SSSR count). The minimum absolute atomic E-state index is 0.164. The number of aromatic nitrogens is 1. The van der Waals surface area contributed by atoms with Crippen LogP contribution in [0.15, 0.2) is 60.8 Å². The van der Waals surface area contributed by atoms with Crippen LogP contribution in [0.5, 0.6) is 0 Å². The Balaban J connectivity index is 1.67. The van der Waals surface area contributed by atoms with Gasteiger partial charge in [-0.2, -0.15) is 0 Å². The Hall–Kier alpha value is -2.81. The number of aryl methyl sites for hydroxylation is 1. The summed E-state index contributed by atoms with van der Waals surface area (Å²) in [6, 6.07) is 19.8. The van der Waals surface area contributed by atoms with Crippen molar-refractivity contribution in [2.24, 2.45) is 0 Å². The van der Waals surface area contributed by atoms with Crippen LogP contribution in [0.2, 0.25) is 0 Å². The Morgan fingerprint density at radius 3 is 2.44 bits per heavy atom. The summed E-state index contributed by atoms with van der Waals surface area (Å²) in [4.78, 5) is 9.64. The second-order valence-corrected chi connectivity index (χ2v) is 8.65. The summed E-state index contributed by atoms with van der Waals surface area (Å²) >= 11 is 0. The van der Waals surface area contributed by atoms with Crippen molar-refractivity contribution in [1.29, 1.82) is 0 Å². The first kappa shape index (κ1) is 16.4. The van der Waals surface area contributed by atoms with E-state index in [0.717, 1.165) is 12.2 Å². The molecule has 136 valence electrons. The van der Waals surface area contributed by atoms with Gasteiger partial charge >= 0.3 is 0 Å². The van der Waals surface area contributed by atoms with Crippen LogP contribution in [-0.4, -0.2) is 11.1 Å². The molecule has 0 saturated heterocycles. The van der Waals surface area contributed by atoms with Crippen LogP contribution in [0.25, 0.3) is 0 Å². The quantitative estimate of drug-likeness (QED) is 0.545. The SMILES string of the molecule is Cc1ccccc1N1c2ncccc2N2c3ccc(C(C)(C)C)cc3CC21. The summed E-state index contributed by atoms with van der Waals surface area (Å²) in [5, 5.41) is 0. The normalized spacial score (nSPS) is 17.7. The Morgan fingerprint density at radius 1 is 0.889 bits per heavy atom. The summed E-state index contributed by atoms with van der Waals surface area (Å²) in [7, 11) is 0. The van der Waals surface area contributed by atoms with Crippen LogP contribution < -0.4 is 9.80 Å². The number of rotatable bonds is 1. The molecule has 2 aliphatic heterocycles. The van der Waals surface area contributed by atoms with Gasteiger partial charge < -0.3 is 9.80 Å². The van der Waals surface area contributed by atoms with Crippen molar-refractivity contribution in [2.75, 3.05) is 9.80 Å². The summed E-state index contributed by atoms with van der Waals surface area (Å²) < 4.78 is 0. The van der Waals surface area contributed by atoms with Crippen LogP contribution in [0, 0.1) is 6.92 Å². The zero-order chi connectivity index (χ0) is 18.8. The van der Waals surface area contributed by atoms with Gasteiger partial charge in [0.05, 0.1) is 5.69 Å². The van der Waals surface area contributed by atoms with Crippen LogP contribution in [-0.2, 0) is 11.8 Å². The maximum absolute atomic E-state index is 4.75. The highest BCUT2D eigenvalue weighted by Crippen LogP contribution is 2.52. The number of nitrogens with zero attached hydrogens (tertiary/aromatic N) is 3. The Bertz CT molecular complexity index is 1030. The zero-order valence-electron chi connectivity index (χ0n) is 16.4. The molecule has 3 heterocycles. The monoisotopic (exact) mass is 355 g/mol. The molecule has 2 aliphatic rings. The number of para-hydroxylation sites is 1. The van der Waals surface area contributed by atoms with Crippen molar-refractivity contribution >= 4 is 22.9 Å². The van der Waals surface area contributed by atoms with Gasteiger partial charge in [0.2, 0.25) is 0 Å². The largest absolute Gasteiger partial charge is 0.316 e. The lowest BCUT2D eigenvalue weighted by atomic mass is 9.86. The highest BCUT2D eigenvalue weighted by atomic mass is 15.5. The third kappa shape index (κ3) is 2.38. The predicted octanol–water partition coefficient (Wildman–Crippen LogP) is 5.86. The standard InChI is InChI=1S/C24H25N3/c1-16-8-5-6-9-19(16)27-22-15-17-14-18(24(2,3)4)11-12-20(17)26(22)21-10-7-13-25-23(21)27/h5-14,22H,15H2,1-4H3. The van der Waals surface area contributed by atoms with Crippen molar-refractivity contribution in [3.05, 3.63) is 77.5 Å². The molecule has 0 radical (unpaired) electrons. The molecule has 2 aromatic carbocycles. The fraction of sp³-hybridized carbons (Fsp3) is 0.292. The van der Waals surface area contributed by atoms with Crippen molar-refractivity contribution in [1.82, 2.24) is 4.98 Å². The zero-order valence-corrected chi connectivity index (χ0v) is 16.4. The molecule has 3 nitrogen and oxygen atoms in total. The molecular formula is C24H25N3. The van der Waals surface area contributed by atoms with Crippen molar-refractivity contribution in [3.8, 4) is 0 Å². The van der Waals surface area contributed by atoms with E-state index in [-0.39, 0.29) is 11.6 Å². The smallest absolute Gasteiger partial charge is 0.158 e. The minimum Gasteiger partial charge on any atom is -0.316 e. The average molecular weight is 355 g/mol. The third-order valence-corrected chi connectivity index (χ3v) is 5.83. The molecule has 3 aromatic rings. The Kier molecular flexibility index (Phi) is 3.39. The topological polar surface area (TPSA) is 19.4 Å². The van der Waals surface area contributed by atoms with Gasteiger partial charge in [0, 0.05) is 24.0 Å². The summed E-state index contributed by atoms with van der Waals surface area (Å²) in [6.07, 6.45) is 3.15. The van der Waals surface area contributed by atoms with Gasteiger partial charge in [0.15, 0.2) is 5.82 Å². The lowest BCUT2D eigenvalue weighted by Crippen LogP contribution is -2.36. The molecule has 1 unspecified atom stereocenters. The van der Waals surface area contributed by atoms with Gasteiger partial charge in [-0.05, 0) is 53.3 Å². The van der Waals surface area contributed by atoms with E-state index in [1.54, 1.807) is 0 Å². The van der Waals surface area contributed by atoms with E-state index in [2.05, 4.69) is 86.0 Å². The summed E-state index contributed by atoms with van der Waals surface area (Å²) in [5.74, 6) is 1.06. The second-order valence-electron chi connectivity index (χ2n) is 8.65. The number of benzene rings is 2. The first-order valence-corrected chi connectivity index (χ1v) is 9.68. The molecule has 0 bridgehead atoms. The first-order chi connectivity index (χ1) is 12.9. The van der Waals surface area contributed by atoms with E-state index in [9.17, 15) is 0 Å². The maximum atomic E-state index is 4.75. The Morgan fingerprint density at radius 2 is 1.67 bits per heavy atom. The van der Waals surface area contributed by atoms with Gasteiger partial charge in [0.1, 0.15) is 6.17 Å². The molecule has 1 atom stereocenters. The fourth-order valence-corrected chi connectivity index (χ4v) is 4.41. The van der Waals surface area contributed by atoms with E-state index in [4.69, 9.17) is 4.98 Å². The first-order valence-electron chi connectivity index (χ1n) is 9.68. The molecule has 3 heteroatoms. The van der Waals surface area contributed by atoms with Crippen molar-refractivity contribution < 1.29 is 0 Å². The molecule has 27 heavy (non-hydrogen) atoms. The number of fused-ring (bicyclic) bond motifs is 5. The summed E-state index contributed by atoms with van der Waals surface area (Å²) in [6.45, 7) is 9.03.